The van der Waals surface area contributed by atoms with E-state index in [1.54, 1.807) is 6.92 Å². The van der Waals surface area contributed by atoms with Crippen LogP contribution in [0.1, 0.15) is 52.4 Å². The molecule has 0 aromatic rings. The fraction of sp³-hybridized carbons (Fsp3) is 0.900. The van der Waals surface area contributed by atoms with Crippen LogP contribution in [-0.2, 0) is 4.79 Å². The van der Waals surface area contributed by atoms with Crippen LogP contribution in [0.2, 0.25) is 0 Å². The minimum absolute atomic E-state index is 0.263. The van der Waals surface area contributed by atoms with E-state index >= 15 is 0 Å². The standard InChI is InChI=1S/C10H20O2/c1-3-4-5-6-7-10(2,12)8-9-11/h9,12H,3-8H2,1-2H3. The van der Waals surface area contributed by atoms with Gasteiger partial charge in [-0.1, -0.05) is 32.6 Å². The SMILES string of the molecule is CCCCCCC(C)(O)CC=O. The number of aldehydes is 1. The molecular formula is C10H20O2. The highest BCUT2D eigenvalue weighted by Crippen LogP contribution is 2.17. The van der Waals surface area contributed by atoms with Crippen molar-refractivity contribution in [1.29, 1.82) is 0 Å². The maximum atomic E-state index is 10.1. The molecule has 0 amide bonds. The summed E-state index contributed by atoms with van der Waals surface area (Å²) in [5.74, 6) is 0. The van der Waals surface area contributed by atoms with Crippen LogP contribution in [0.3, 0.4) is 0 Å². The van der Waals surface area contributed by atoms with Crippen LogP contribution in [0.4, 0.5) is 0 Å². The second-order valence-corrected chi connectivity index (χ2v) is 3.68. The molecule has 0 fully saturated rings. The third-order valence-corrected chi connectivity index (χ3v) is 2.09. The lowest BCUT2D eigenvalue weighted by molar-refractivity contribution is -0.112. The number of rotatable bonds is 7. The molecule has 0 aromatic heterocycles. The quantitative estimate of drug-likeness (QED) is 0.472. The molecule has 2 heteroatoms. The molecule has 1 atom stereocenters. The maximum absolute atomic E-state index is 10.1. The topological polar surface area (TPSA) is 37.3 Å². The lowest BCUT2D eigenvalue weighted by atomic mass is 9.95. The van der Waals surface area contributed by atoms with Gasteiger partial charge in [0.2, 0.25) is 0 Å². The van der Waals surface area contributed by atoms with Crippen molar-refractivity contribution in [1.82, 2.24) is 0 Å². The van der Waals surface area contributed by atoms with Gasteiger partial charge in [-0.25, -0.2) is 0 Å². The molecule has 1 N–H and O–H groups in total. The molecule has 0 aliphatic heterocycles. The molecule has 72 valence electrons. The van der Waals surface area contributed by atoms with E-state index in [9.17, 15) is 9.90 Å². The van der Waals surface area contributed by atoms with Gasteiger partial charge in [-0.15, -0.1) is 0 Å². The molecule has 0 aliphatic rings. The summed E-state index contributed by atoms with van der Waals surface area (Å²) in [6.07, 6.45) is 6.40. The average Bonchev–Trinajstić information content (AvgIpc) is 1.98. The molecule has 0 aromatic carbocycles. The Labute approximate surface area is 75.0 Å². The number of carbonyl (C=O) groups is 1. The van der Waals surface area contributed by atoms with Crippen LogP contribution in [0, 0.1) is 0 Å². The average molecular weight is 172 g/mol. The number of hydrogen-bond acceptors (Lipinski definition) is 2. The van der Waals surface area contributed by atoms with E-state index in [-0.39, 0.29) is 6.42 Å². The summed E-state index contributed by atoms with van der Waals surface area (Å²) in [5.41, 5.74) is -0.768. The molecular weight excluding hydrogens is 152 g/mol. The van der Waals surface area contributed by atoms with E-state index in [1.807, 2.05) is 0 Å². The van der Waals surface area contributed by atoms with Gasteiger partial charge in [-0.2, -0.15) is 0 Å². The Balaban J connectivity index is 3.39. The van der Waals surface area contributed by atoms with Crippen molar-refractivity contribution in [3.8, 4) is 0 Å². The minimum Gasteiger partial charge on any atom is -0.390 e. The fourth-order valence-corrected chi connectivity index (χ4v) is 1.21. The van der Waals surface area contributed by atoms with Gasteiger partial charge in [0.05, 0.1) is 5.60 Å². The predicted octanol–water partition coefficient (Wildman–Crippen LogP) is 2.30. The lowest BCUT2D eigenvalue weighted by Crippen LogP contribution is -2.24. The van der Waals surface area contributed by atoms with Crippen molar-refractivity contribution in [3.63, 3.8) is 0 Å². The largest absolute Gasteiger partial charge is 0.390 e. The zero-order valence-electron chi connectivity index (χ0n) is 8.18. The van der Waals surface area contributed by atoms with Gasteiger partial charge in [0.1, 0.15) is 6.29 Å². The highest BCUT2D eigenvalue weighted by Gasteiger charge is 2.18. The van der Waals surface area contributed by atoms with Gasteiger partial charge >= 0.3 is 0 Å². The molecule has 0 radical (unpaired) electrons. The van der Waals surface area contributed by atoms with Crippen molar-refractivity contribution in [3.05, 3.63) is 0 Å². The molecule has 0 heterocycles. The van der Waals surface area contributed by atoms with Crippen LogP contribution < -0.4 is 0 Å². The van der Waals surface area contributed by atoms with Gasteiger partial charge in [-0.05, 0) is 13.3 Å². The number of carbonyl (C=O) groups excluding carboxylic acids is 1. The van der Waals surface area contributed by atoms with Crippen LogP contribution in [0.5, 0.6) is 0 Å². The van der Waals surface area contributed by atoms with Gasteiger partial charge in [0.15, 0.2) is 0 Å². The van der Waals surface area contributed by atoms with Gasteiger partial charge < -0.3 is 9.90 Å². The van der Waals surface area contributed by atoms with Crippen molar-refractivity contribution < 1.29 is 9.90 Å². The number of hydrogen-bond donors (Lipinski definition) is 1. The van der Waals surface area contributed by atoms with E-state index in [1.165, 1.54) is 12.8 Å². The first-order valence-corrected chi connectivity index (χ1v) is 4.78. The molecule has 12 heavy (non-hydrogen) atoms. The first-order valence-electron chi connectivity index (χ1n) is 4.78. The Morgan fingerprint density at radius 2 is 2.00 bits per heavy atom. The van der Waals surface area contributed by atoms with Gasteiger partial charge in [0.25, 0.3) is 0 Å². The lowest BCUT2D eigenvalue weighted by Gasteiger charge is -2.19. The second kappa shape index (κ2) is 6.18. The first-order chi connectivity index (χ1) is 5.62. The number of unbranched alkanes of at least 4 members (excludes halogenated alkanes) is 3. The van der Waals surface area contributed by atoms with E-state index in [2.05, 4.69) is 6.92 Å². The second-order valence-electron chi connectivity index (χ2n) is 3.68. The summed E-state index contributed by atoms with van der Waals surface area (Å²) in [4.78, 5) is 10.1. The first kappa shape index (κ1) is 11.6. The summed E-state index contributed by atoms with van der Waals surface area (Å²) < 4.78 is 0. The molecule has 2 nitrogen and oxygen atoms in total. The van der Waals surface area contributed by atoms with Gasteiger partial charge in [0, 0.05) is 6.42 Å². The molecule has 1 unspecified atom stereocenters. The maximum Gasteiger partial charge on any atom is 0.122 e. The van der Waals surface area contributed by atoms with Crippen molar-refractivity contribution in [2.75, 3.05) is 0 Å². The Hall–Kier alpha value is -0.370. The third-order valence-electron chi connectivity index (χ3n) is 2.09. The van der Waals surface area contributed by atoms with Crippen molar-refractivity contribution >= 4 is 6.29 Å². The zero-order valence-corrected chi connectivity index (χ0v) is 8.18. The van der Waals surface area contributed by atoms with E-state index in [0.29, 0.717) is 0 Å². The Morgan fingerprint density at radius 1 is 1.33 bits per heavy atom. The summed E-state index contributed by atoms with van der Waals surface area (Å²) in [6, 6.07) is 0. The zero-order chi connectivity index (χ0) is 9.45. The predicted molar refractivity (Wildman–Crippen MR) is 50.1 cm³/mol. The minimum atomic E-state index is -0.768. The fourth-order valence-electron chi connectivity index (χ4n) is 1.21. The van der Waals surface area contributed by atoms with Crippen LogP contribution >= 0.6 is 0 Å². The van der Waals surface area contributed by atoms with Crippen molar-refractivity contribution in [2.24, 2.45) is 0 Å². The molecule has 0 spiro atoms. The Morgan fingerprint density at radius 3 is 2.50 bits per heavy atom. The molecule has 0 aliphatic carbocycles. The Bertz CT molecular complexity index is 119. The van der Waals surface area contributed by atoms with E-state index < -0.39 is 5.60 Å². The Kier molecular flexibility index (Phi) is 5.99. The van der Waals surface area contributed by atoms with E-state index in [0.717, 1.165) is 25.5 Å². The number of aliphatic hydroxyl groups is 1. The molecule has 0 bridgehead atoms. The summed E-state index contributed by atoms with van der Waals surface area (Å²) in [7, 11) is 0. The van der Waals surface area contributed by atoms with Crippen LogP contribution in [0.15, 0.2) is 0 Å². The van der Waals surface area contributed by atoms with E-state index in [4.69, 9.17) is 0 Å². The van der Waals surface area contributed by atoms with Crippen LogP contribution in [-0.4, -0.2) is 17.0 Å². The van der Waals surface area contributed by atoms with Gasteiger partial charge in [-0.3, -0.25) is 0 Å². The highest BCUT2D eigenvalue weighted by molar-refractivity contribution is 5.51. The van der Waals surface area contributed by atoms with Crippen LogP contribution in [0.25, 0.3) is 0 Å². The molecule has 0 rings (SSSR count). The molecule has 0 saturated carbocycles. The monoisotopic (exact) mass is 172 g/mol. The third kappa shape index (κ3) is 6.35. The smallest absolute Gasteiger partial charge is 0.122 e. The normalized spacial score (nSPS) is 15.6. The summed E-state index contributed by atoms with van der Waals surface area (Å²) >= 11 is 0. The summed E-state index contributed by atoms with van der Waals surface area (Å²) in [5, 5.41) is 9.58. The molecule has 0 saturated heterocycles. The summed E-state index contributed by atoms with van der Waals surface area (Å²) in [6.45, 7) is 3.89. The highest BCUT2D eigenvalue weighted by atomic mass is 16.3. The van der Waals surface area contributed by atoms with Crippen molar-refractivity contribution in [2.45, 2.75) is 58.0 Å².